The number of ether oxygens (including phenoxy) is 7. The molecule has 14 nitrogen and oxygen atoms in total. The highest BCUT2D eigenvalue weighted by molar-refractivity contribution is 5.90. The van der Waals surface area contributed by atoms with E-state index in [1.807, 2.05) is 88.1 Å². The Hall–Kier alpha value is -4.05. The van der Waals surface area contributed by atoms with E-state index in [0.717, 1.165) is 5.56 Å². The second kappa shape index (κ2) is 20.8. The zero-order chi connectivity index (χ0) is 42.8. The molecule has 2 aromatic rings. The van der Waals surface area contributed by atoms with E-state index < -0.39 is 59.9 Å². The van der Waals surface area contributed by atoms with Gasteiger partial charge in [0.1, 0.15) is 12.4 Å². The number of rotatable bonds is 19. The van der Waals surface area contributed by atoms with Crippen LogP contribution in [0.4, 0.5) is 4.79 Å². The largest absolute Gasteiger partial charge is 0.456 e. The monoisotopic (exact) mass is 811 g/mol. The van der Waals surface area contributed by atoms with Crippen LogP contribution in [0.3, 0.4) is 0 Å². The van der Waals surface area contributed by atoms with Crippen LogP contribution in [-0.4, -0.2) is 129 Å². The van der Waals surface area contributed by atoms with Gasteiger partial charge in [0.05, 0.1) is 41.6 Å². The molecule has 14 heteroatoms. The summed E-state index contributed by atoms with van der Waals surface area (Å²) in [6, 6.07) is 17.5. The van der Waals surface area contributed by atoms with Crippen molar-refractivity contribution in [2.75, 3.05) is 47.9 Å². The molecule has 0 aliphatic carbocycles. The van der Waals surface area contributed by atoms with E-state index in [1.165, 1.54) is 0 Å². The summed E-state index contributed by atoms with van der Waals surface area (Å²) in [6.07, 6.45) is -2.47. The minimum absolute atomic E-state index is 0.0523. The molecular formula is C44H65N3O11. The van der Waals surface area contributed by atoms with E-state index in [-0.39, 0.29) is 37.8 Å². The third-order valence-electron chi connectivity index (χ3n) is 11.0. The second-order valence-electron chi connectivity index (χ2n) is 16.6. The van der Waals surface area contributed by atoms with Gasteiger partial charge in [-0.15, -0.1) is 0 Å². The molecule has 0 spiro atoms. The Balaban J connectivity index is 1.60. The molecule has 1 saturated heterocycles. The van der Waals surface area contributed by atoms with Gasteiger partial charge in [-0.25, -0.2) is 14.4 Å². The Morgan fingerprint density at radius 3 is 2.28 bits per heavy atom. The van der Waals surface area contributed by atoms with Gasteiger partial charge in [0.15, 0.2) is 12.4 Å². The van der Waals surface area contributed by atoms with Gasteiger partial charge in [0.2, 0.25) is 5.79 Å². The maximum Gasteiger partial charge on any atom is 0.407 e. The first-order valence-electron chi connectivity index (χ1n) is 20.0. The van der Waals surface area contributed by atoms with E-state index in [4.69, 9.17) is 33.2 Å². The number of likely N-dealkylation sites (N-methyl/N-ethyl adjacent to an activating group) is 2. The van der Waals surface area contributed by atoms with Crippen molar-refractivity contribution >= 4 is 18.0 Å². The third-order valence-corrected chi connectivity index (χ3v) is 11.0. The van der Waals surface area contributed by atoms with Crippen LogP contribution in [0.5, 0.6) is 0 Å². The fourth-order valence-electron chi connectivity index (χ4n) is 7.85. The van der Waals surface area contributed by atoms with Gasteiger partial charge in [-0.2, -0.15) is 0 Å². The molecular weight excluding hydrogens is 746 g/mol. The molecule has 2 aromatic carbocycles. The van der Waals surface area contributed by atoms with Crippen molar-refractivity contribution in [2.24, 2.45) is 11.8 Å². The fraction of sp³-hybridized carbons (Fsp3) is 0.614. The van der Waals surface area contributed by atoms with E-state index in [0.29, 0.717) is 36.3 Å². The summed E-state index contributed by atoms with van der Waals surface area (Å²) in [7, 11) is 7.36. The van der Waals surface area contributed by atoms with E-state index in [1.54, 1.807) is 52.1 Å². The average molecular weight is 812 g/mol. The number of benzene rings is 2. The minimum atomic E-state index is -1.23. The van der Waals surface area contributed by atoms with Gasteiger partial charge in [-0.3, -0.25) is 4.90 Å². The molecule has 58 heavy (non-hydrogen) atoms. The Kier molecular flexibility index (Phi) is 16.7. The van der Waals surface area contributed by atoms with Crippen molar-refractivity contribution in [3.63, 3.8) is 0 Å². The highest BCUT2D eigenvalue weighted by Gasteiger charge is 2.50. The number of aliphatic hydroxyl groups excluding tert-OH is 1. The number of esters is 2. The minimum Gasteiger partial charge on any atom is -0.456 e. The third kappa shape index (κ3) is 12.5. The van der Waals surface area contributed by atoms with Crippen LogP contribution < -0.4 is 5.32 Å². The number of amides is 1. The fourth-order valence-corrected chi connectivity index (χ4v) is 7.85. The molecule has 1 amide bonds. The molecule has 1 fully saturated rings. The highest BCUT2D eigenvalue weighted by atomic mass is 16.7. The number of cyclic esters (lactones) is 1. The number of methoxy groups -OCH3 is 1. The molecule has 9 atom stereocenters. The number of nitrogens with zero attached hydrogens (tertiary/aromatic N) is 2. The van der Waals surface area contributed by atoms with Crippen LogP contribution in [0.2, 0.25) is 0 Å². The SMILES string of the molecule is COC(C)(CC(C)CN(C)C(CO)CNC(=O)OCc1ccccc1)C(O[C@@H]1O[C@H](C)C[C@H](N(C)C)[C@H]1OC(=O)c1ccccc1)C(C)C1=C(C)C(=O)OC(C)(C)O1. The molecule has 2 aliphatic heterocycles. The molecule has 2 N–H and O–H groups in total. The number of aliphatic hydroxyl groups is 1. The summed E-state index contributed by atoms with van der Waals surface area (Å²) in [6.45, 7) is 13.5. The zero-order valence-corrected chi connectivity index (χ0v) is 36.1. The van der Waals surface area contributed by atoms with Crippen molar-refractivity contribution < 1.29 is 52.6 Å². The van der Waals surface area contributed by atoms with Crippen molar-refractivity contribution in [1.82, 2.24) is 15.1 Å². The van der Waals surface area contributed by atoms with Crippen molar-refractivity contribution in [2.45, 2.75) is 116 Å². The summed E-state index contributed by atoms with van der Waals surface area (Å²) in [4.78, 5) is 43.2. The van der Waals surface area contributed by atoms with Gasteiger partial charge in [-0.1, -0.05) is 62.4 Å². The topological polar surface area (TPSA) is 155 Å². The van der Waals surface area contributed by atoms with Crippen molar-refractivity contribution in [3.05, 3.63) is 83.1 Å². The molecule has 0 aromatic heterocycles. The predicted molar refractivity (Wildman–Crippen MR) is 217 cm³/mol. The maximum atomic E-state index is 13.6. The lowest BCUT2D eigenvalue weighted by molar-refractivity contribution is -0.298. The van der Waals surface area contributed by atoms with Crippen LogP contribution >= 0.6 is 0 Å². The van der Waals surface area contributed by atoms with Crippen LogP contribution in [0, 0.1) is 11.8 Å². The number of alkyl carbamates (subject to hydrolysis) is 1. The van der Waals surface area contributed by atoms with Crippen molar-refractivity contribution in [1.29, 1.82) is 0 Å². The predicted octanol–water partition coefficient (Wildman–Crippen LogP) is 5.53. The maximum absolute atomic E-state index is 13.6. The zero-order valence-electron chi connectivity index (χ0n) is 36.1. The lowest BCUT2D eigenvalue weighted by Crippen LogP contribution is -2.59. The van der Waals surface area contributed by atoms with Gasteiger partial charge in [-0.05, 0) is 78.4 Å². The van der Waals surface area contributed by atoms with Gasteiger partial charge >= 0.3 is 18.0 Å². The van der Waals surface area contributed by atoms with E-state index in [2.05, 4.69) is 12.2 Å². The van der Waals surface area contributed by atoms with E-state index >= 15 is 0 Å². The summed E-state index contributed by atoms with van der Waals surface area (Å²) in [5.74, 6) is -2.47. The van der Waals surface area contributed by atoms with Gasteiger partial charge in [0, 0.05) is 46.0 Å². The Bertz CT molecular complexity index is 1670. The molecule has 5 unspecified atom stereocenters. The van der Waals surface area contributed by atoms with Crippen LogP contribution in [0.25, 0.3) is 0 Å². The second-order valence-corrected chi connectivity index (χ2v) is 16.6. The van der Waals surface area contributed by atoms with Gasteiger partial charge < -0.3 is 48.5 Å². The highest BCUT2D eigenvalue weighted by Crippen LogP contribution is 2.41. The normalized spacial score (nSPS) is 23.9. The molecule has 0 bridgehead atoms. The summed E-state index contributed by atoms with van der Waals surface area (Å²) in [5.41, 5.74) is 0.542. The Labute approximate surface area is 344 Å². The number of carbonyl (C=O) groups excluding carboxylic acids is 3. The first-order valence-corrected chi connectivity index (χ1v) is 20.0. The molecule has 4 rings (SSSR count). The molecule has 2 aliphatic rings. The van der Waals surface area contributed by atoms with Crippen LogP contribution in [0.1, 0.15) is 77.2 Å². The summed E-state index contributed by atoms with van der Waals surface area (Å²) in [5, 5.41) is 13.1. The lowest BCUT2D eigenvalue weighted by atomic mass is 9.80. The molecule has 0 saturated carbocycles. The first-order chi connectivity index (χ1) is 27.4. The Morgan fingerprint density at radius 2 is 1.67 bits per heavy atom. The van der Waals surface area contributed by atoms with E-state index in [9.17, 15) is 19.5 Å². The standard InChI is InChI=1S/C44H65N3O11/c1-28(25-47(10)34(26-48)24-45-42(51)53-27-32-18-14-12-15-19-32)23-44(7,52-11)38(30(3)36-31(4)39(49)58-43(5,6)57-36)56-41-37(35(46(8)9)22-29(2)54-41)55-40(50)33-20-16-13-17-21-33/h12-21,28-30,34-35,37-38,41,48H,22-27H2,1-11H3,(H,45,51)/t28?,29-,30?,34?,35+,37-,38?,41+,44?/m1/s1. The van der Waals surface area contributed by atoms with Crippen molar-refractivity contribution in [3.8, 4) is 0 Å². The summed E-state index contributed by atoms with van der Waals surface area (Å²) < 4.78 is 43.5. The number of hydrogen-bond donors (Lipinski definition) is 2. The molecule has 0 radical (unpaired) electrons. The average Bonchev–Trinajstić information content (AvgIpc) is 3.18. The molecule has 322 valence electrons. The van der Waals surface area contributed by atoms with Crippen LogP contribution in [-0.2, 0) is 44.6 Å². The summed E-state index contributed by atoms with van der Waals surface area (Å²) >= 11 is 0. The smallest absolute Gasteiger partial charge is 0.407 e. The van der Waals surface area contributed by atoms with Crippen LogP contribution in [0.15, 0.2) is 72.0 Å². The molecule has 2 heterocycles. The lowest BCUT2D eigenvalue weighted by Gasteiger charge is -2.48. The number of carbonyl (C=O) groups is 3. The quantitative estimate of drug-likeness (QED) is 0.135. The number of nitrogens with one attached hydrogen (secondary N) is 1. The first kappa shape index (κ1) is 46.6. The number of hydrogen-bond acceptors (Lipinski definition) is 13. The Morgan fingerprint density at radius 1 is 1.03 bits per heavy atom. The van der Waals surface area contributed by atoms with Gasteiger partial charge in [0.25, 0.3) is 0 Å².